The minimum atomic E-state index is -3.95. The number of benzene rings is 1. The lowest BCUT2D eigenvalue weighted by molar-refractivity contribution is 0.306. The quantitative estimate of drug-likeness (QED) is 0.790. The molecule has 0 N–H and O–H groups in total. The third-order valence-electron chi connectivity index (χ3n) is 2.40. The van der Waals surface area contributed by atoms with Crippen LogP contribution in [0.15, 0.2) is 29.4 Å². The summed E-state index contributed by atoms with van der Waals surface area (Å²) in [7, 11) is 3.08. The summed E-state index contributed by atoms with van der Waals surface area (Å²) >= 11 is 11.8. The van der Waals surface area contributed by atoms with Gasteiger partial charge in [-0.1, -0.05) is 23.2 Å². The highest BCUT2D eigenvalue weighted by Gasteiger charge is 2.18. The Morgan fingerprint density at radius 1 is 1.30 bits per heavy atom. The van der Waals surface area contributed by atoms with Crippen molar-refractivity contribution >= 4 is 42.9 Å². The zero-order chi connectivity index (χ0) is 14.9. The molecule has 0 unspecified atom stereocenters. The Hall–Kier alpha value is -0.950. The van der Waals surface area contributed by atoms with E-state index < -0.39 is 9.05 Å². The normalized spacial score (nSPS) is 11.6. The van der Waals surface area contributed by atoms with E-state index in [4.69, 9.17) is 38.6 Å². The van der Waals surface area contributed by atoms with Gasteiger partial charge in [0.05, 0.1) is 16.2 Å². The third kappa shape index (κ3) is 3.58. The Labute approximate surface area is 130 Å². The number of hydrogen-bond acceptors (Lipinski definition) is 4. The molecule has 0 radical (unpaired) electrons. The maximum atomic E-state index is 11.3. The molecule has 0 aliphatic heterocycles. The van der Waals surface area contributed by atoms with Crippen molar-refractivity contribution in [3.05, 3.63) is 40.1 Å². The van der Waals surface area contributed by atoms with Gasteiger partial charge in [-0.15, -0.1) is 0 Å². The molecule has 2 aromatic rings. The van der Waals surface area contributed by atoms with Crippen LogP contribution in [-0.2, 0) is 22.7 Å². The van der Waals surface area contributed by atoms with Crippen molar-refractivity contribution in [2.75, 3.05) is 0 Å². The Kier molecular flexibility index (Phi) is 4.49. The second-order valence-corrected chi connectivity index (χ2v) is 7.31. The fourth-order valence-corrected chi connectivity index (χ4v) is 3.31. The number of aryl methyl sites for hydroxylation is 1. The molecule has 0 aliphatic carbocycles. The molecule has 0 saturated carbocycles. The topological polar surface area (TPSA) is 61.2 Å². The average molecular weight is 356 g/mol. The molecule has 2 rings (SSSR count). The van der Waals surface area contributed by atoms with Crippen molar-refractivity contribution in [1.29, 1.82) is 0 Å². The van der Waals surface area contributed by atoms with Crippen molar-refractivity contribution < 1.29 is 13.2 Å². The molecule has 0 spiro atoms. The summed E-state index contributed by atoms with van der Waals surface area (Å²) in [6.07, 6.45) is 3.43. The maximum absolute atomic E-state index is 11.3. The highest BCUT2D eigenvalue weighted by atomic mass is 35.7. The largest absolute Gasteiger partial charge is 0.487 e. The van der Waals surface area contributed by atoms with E-state index in [1.807, 2.05) is 0 Å². The van der Waals surface area contributed by atoms with E-state index in [0.717, 1.165) is 11.6 Å². The molecular weight excluding hydrogens is 347 g/mol. The number of halogens is 3. The van der Waals surface area contributed by atoms with Gasteiger partial charge in [0.15, 0.2) is 0 Å². The molecular formula is C11H9Cl3N2O3S. The molecule has 108 valence electrons. The van der Waals surface area contributed by atoms with Crippen LogP contribution in [0.25, 0.3) is 0 Å². The van der Waals surface area contributed by atoms with Crippen molar-refractivity contribution in [3.63, 3.8) is 0 Å². The lowest BCUT2D eigenvalue weighted by atomic mass is 10.3. The zero-order valence-corrected chi connectivity index (χ0v) is 13.3. The number of ether oxygens (including phenoxy) is 1. The smallest absolute Gasteiger partial charge is 0.262 e. The van der Waals surface area contributed by atoms with Crippen LogP contribution in [0.5, 0.6) is 5.75 Å². The predicted octanol–water partition coefficient (Wildman–Crippen LogP) is 3.23. The molecule has 0 aliphatic rings. The minimum Gasteiger partial charge on any atom is -0.487 e. The molecule has 20 heavy (non-hydrogen) atoms. The maximum Gasteiger partial charge on any atom is 0.262 e. The summed E-state index contributed by atoms with van der Waals surface area (Å²) in [5.74, 6) is 0.268. The van der Waals surface area contributed by atoms with Gasteiger partial charge >= 0.3 is 0 Å². The van der Waals surface area contributed by atoms with Crippen LogP contribution in [0, 0.1) is 0 Å². The second kappa shape index (κ2) is 5.81. The molecule has 0 saturated heterocycles. The monoisotopic (exact) mass is 354 g/mol. The van der Waals surface area contributed by atoms with Crippen LogP contribution < -0.4 is 4.74 Å². The van der Waals surface area contributed by atoms with Gasteiger partial charge in [-0.05, 0) is 6.07 Å². The first-order valence-electron chi connectivity index (χ1n) is 5.31. The Morgan fingerprint density at radius 3 is 2.55 bits per heavy atom. The van der Waals surface area contributed by atoms with Gasteiger partial charge in [0.1, 0.15) is 17.3 Å². The Bertz CT molecular complexity index is 743. The Morgan fingerprint density at radius 2 is 2.00 bits per heavy atom. The summed E-state index contributed by atoms with van der Waals surface area (Å²) in [5.41, 5.74) is 0.841. The standard InChI is InChI=1S/C11H9Cl3N2O3S/c1-16-5-7(4-15-16)6-19-10-2-9(13)11(3-8(10)12)20(14,17)18/h2-5H,6H2,1H3. The molecule has 1 heterocycles. The van der Waals surface area contributed by atoms with Gasteiger partial charge in [-0.3, -0.25) is 4.68 Å². The number of aromatic nitrogens is 2. The van der Waals surface area contributed by atoms with Crippen LogP contribution in [0.3, 0.4) is 0 Å². The summed E-state index contributed by atoms with van der Waals surface area (Å²) < 4.78 is 29.7. The second-order valence-electron chi connectivity index (χ2n) is 3.96. The van der Waals surface area contributed by atoms with Crippen LogP contribution in [0.4, 0.5) is 0 Å². The van der Waals surface area contributed by atoms with Gasteiger partial charge in [-0.25, -0.2) is 8.42 Å². The molecule has 5 nitrogen and oxygen atoms in total. The van der Waals surface area contributed by atoms with Gasteiger partial charge < -0.3 is 4.74 Å². The van der Waals surface area contributed by atoms with Gasteiger partial charge in [0, 0.05) is 35.6 Å². The lowest BCUT2D eigenvalue weighted by Gasteiger charge is -2.09. The van der Waals surface area contributed by atoms with E-state index in [1.54, 1.807) is 24.1 Å². The number of hydrogen-bond donors (Lipinski definition) is 0. The number of rotatable bonds is 4. The first-order chi connectivity index (χ1) is 9.27. The zero-order valence-electron chi connectivity index (χ0n) is 10.2. The van der Waals surface area contributed by atoms with Gasteiger partial charge in [0.2, 0.25) is 0 Å². The lowest BCUT2D eigenvalue weighted by Crippen LogP contribution is -1.98. The molecule has 0 amide bonds. The van der Waals surface area contributed by atoms with Gasteiger partial charge in [-0.2, -0.15) is 5.10 Å². The van der Waals surface area contributed by atoms with Crippen LogP contribution in [0.1, 0.15) is 5.56 Å². The fourth-order valence-electron chi connectivity index (χ4n) is 1.52. The highest BCUT2D eigenvalue weighted by molar-refractivity contribution is 8.13. The van der Waals surface area contributed by atoms with Crippen molar-refractivity contribution in [2.45, 2.75) is 11.5 Å². The molecule has 1 aromatic carbocycles. The van der Waals surface area contributed by atoms with Crippen molar-refractivity contribution in [2.24, 2.45) is 7.05 Å². The van der Waals surface area contributed by atoms with Crippen molar-refractivity contribution in [1.82, 2.24) is 9.78 Å². The van der Waals surface area contributed by atoms with Crippen LogP contribution >= 0.6 is 33.9 Å². The molecule has 0 bridgehead atoms. The summed E-state index contributed by atoms with van der Waals surface area (Å²) in [4.78, 5) is -0.250. The summed E-state index contributed by atoms with van der Waals surface area (Å²) in [6, 6.07) is 2.47. The fraction of sp³-hybridized carbons (Fsp3) is 0.182. The molecule has 9 heteroatoms. The van der Waals surface area contributed by atoms with E-state index in [0.29, 0.717) is 0 Å². The van der Waals surface area contributed by atoms with E-state index >= 15 is 0 Å². The summed E-state index contributed by atoms with van der Waals surface area (Å²) in [6.45, 7) is 0.233. The molecule has 0 atom stereocenters. The van der Waals surface area contributed by atoms with Crippen LogP contribution in [0.2, 0.25) is 10.0 Å². The Balaban J connectivity index is 2.23. The predicted molar refractivity (Wildman–Crippen MR) is 77.0 cm³/mol. The molecule has 1 aromatic heterocycles. The minimum absolute atomic E-state index is 0.0504. The first kappa shape index (κ1) is 15.4. The van der Waals surface area contributed by atoms with Crippen molar-refractivity contribution in [3.8, 4) is 5.75 Å². The van der Waals surface area contributed by atoms with Crippen LogP contribution in [-0.4, -0.2) is 18.2 Å². The average Bonchev–Trinajstić information content (AvgIpc) is 2.74. The molecule has 0 fully saturated rings. The highest BCUT2D eigenvalue weighted by Crippen LogP contribution is 2.35. The SMILES string of the molecule is Cn1cc(COc2cc(Cl)c(S(=O)(=O)Cl)cc2Cl)cn1. The third-order valence-corrected chi connectivity index (χ3v) is 4.48. The van der Waals surface area contributed by atoms with Gasteiger partial charge in [0.25, 0.3) is 9.05 Å². The van der Waals surface area contributed by atoms with E-state index in [9.17, 15) is 8.42 Å². The first-order valence-corrected chi connectivity index (χ1v) is 8.38. The van der Waals surface area contributed by atoms with E-state index in [1.165, 1.54) is 6.07 Å². The summed E-state index contributed by atoms with van der Waals surface area (Å²) in [5, 5.41) is 4.05. The van der Waals surface area contributed by atoms with E-state index in [-0.39, 0.29) is 27.3 Å². The van der Waals surface area contributed by atoms with E-state index in [2.05, 4.69) is 5.10 Å². The number of nitrogens with zero attached hydrogens (tertiary/aromatic N) is 2.